The Morgan fingerprint density at radius 1 is 1.15 bits per heavy atom. The summed E-state index contributed by atoms with van der Waals surface area (Å²) in [5.41, 5.74) is 2.27. The van der Waals surface area contributed by atoms with Crippen molar-refractivity contribution in [1.82, 2.24) is 0 Å². The number of hydrogen-bond donors (Lipinski definition) is 0. The van der Waals surface area contributed by atoms with Gasteiger partial charge in [-0.25, -0.2) is 8.42 Å². The van der Waals surface area contributed by atoms with Crippen LogP contribution in [-0.2, 0) is 20.2 Å². The van der Waals surface area contributed by atoms with Gasteiger partial charge in [-0.3, -0.25) is 4.31 Å². The van der Waals surface area contributed by atoms with Crippen molar-refractivity contribution in [1.29, 1.82) is 0 Å². The minimum absolute atomic E-state index is 0.120. The zero-order chi connectivity index (χ0) is 13.8. The molecule has 3 aliphatic rings. The molecule has 1 aromatic carbocycles. The molecule has 0 aromatic heterocycles. The number of sulfonamides is 1. The van der Waals surface area contributed by atoms with E-state index in [0.717, 1.165) is 18.5 Å². The molecule has 0 atom stereocenters. The van der Waals surface area contributed by atoms with Crippen LogP contribution in [-0.4, -0.2) is 33.4 Å². The number of anilines is 1. The number of benzene rings is 1. The lowest BCUT2D eigenvalue weighted by molar-refractivity contribution is 0.0983. The molecule has 1 aromatic rings. The van der Waals surface area contributed by atoms with E-state index in [4.69, 9.17) is 4.74 Å². The molecule has 108 valence electrons. The predicted octanol–water partition coefficient (Wildman–Crippen LogP) is 2.05. The smallest absolute Gasteiger partial charge is 0.238 e. The molecule has 2 aliphatic heterocycles. The van der Waals surface area contributed by atoms with Crippen LogP contribution in [0.2, 0.25) is 0 Å². The summed E-state index contributed by atoms with van der Waals surface area (Å²) in [7, 11) is -3.25. The van der Waals surface area contributed by atoms with E-state index in [0.29, 0.717) is 32.6 Å². The molecule has 0 radical (unpaired) electrons. The lowest BCUT2D eigenvalue weighted by atomic mass is 9.99. The van der Waals surface area contributed by atoms with Crippen LogP contribution in [0, 0.1) is 0 Å². The topological polar surface area (TPSA) is 46.6 Å². The van der Waals surface area contributed by atoms with Crippen molar-refractivity contribution in [2.75, 3.05) is 24.1 Å². The van der Waals surface area contributed by atoms with Gasteiger partial charge in [0.15, 0.2) is 0 Å². The first-order valence-electron chi connectivity index (χ1n) is 7.32. The maximum Gasteiger partial charge on any atom is 0.238 e. The molecule has 5 heteroatoms. The number of hydrogen-bond acceptors (Lipinski definition) is 3. The molecular formula is C15H19NO3S. The van der Waals surface area contributed by atoms with Crippen LogP contribution in [0.25, 0.3) is 0 Å². The highest BCUT2D eigenvalue weighted by Gasteiger charge is 2.54. The first-order chi connectivity index (χ1) is 9.63. The molecule has 1 saturated carbocycles. The highest BCUT2D eigenvalue weighted by Crippen LogP contribution is 2.57. The summed E-state index contributed by atoms with van der Waals surface area (Å²) in [5, 5.41) is -0.279. The zero-order valence-corrected chi connectivity index (χ0v) is 12.2. The van der Waals surface area contributed by atoms with Crippen molar-refractivity contribution in [2.24, 2.45) is 0 Å². The third kappa shape index (κ3) is 1.72. The summed E-state index contributed by atoms with van der Waals surface area (Å²) in [5.74, 6) is 0. The molecular weight excluding hydrogens is 274 g/mol. The Labute approximate surface area is 119 Å². The van der Waals surface area contributed by atoms with Crippen molar-refractivity contribution in [2.45, 2.75) is 36.3 Å². The molecule has 4 rings (SSSR count). The fourth-order valence-corrected chi connectivity index (χ4v) is 5.55. The molecule has 1 spiro atoms. The average Bonchev–Trinajstić information content (AvgIpc) is 3.18. The van der Waals surface area contributed by atoms with Crippen LogP contribution in [0.1, 0.15) is 31.2 Å². The quantitative estimate of drug-likeness (QED) is 0.838. The van der Waals surface area contributed by atoms with Crippen LogP contribution < -0.4 is 4.31 Å². The number of nitrogens with zero attached hydrogens (tertiary/aromatic N) is 1. The van der Waals surface area contributed by atoms with E-state index < -0.39 is 10.0 Å². The first-order valence-corrected chi connectivity index (χ1v) is 8.83. The number of para-hydroxylation sites is 1. The van der Waals surface area contributed by atoms with Gasteiger partial charge in [0.2, 0.25) is 10.0 Å². The third-order valence-electron chi connectivity index (χ3n) is 4.94. The predicted molar refractivity (Wildman–Crippen MR) is 77.5 cm³/mol. The van der Waals surface area contributed by atoms with E-state index in [2.05, 4.69) is 6.07 Å². The van der Waals surface area contributed by atoms with E-state index in [1.54, 1.807) is 4.31 Å². The largest absolute Gasteiger partial charge is 0.381 e. The molecule has 1 saturated heterocycles. The van der Waals surface area contributed by atoms with Gasteiger partial charge in [-0.15, -0.1) is 0 Å². The molecule has 20 heavy (non-hydrogen) atoms. The van der Waals surface area contributed by atoms with Gasteiger partial charge in [0.25, 0.3) is 0 Å². The number of rotatable bonds is 2. The van der Waals surface area contributed by atoms with Crippen LogP contribution in [0.3, 0.4) is 0 Å². The van der Waals surface area contributed by atoms with Gasteiger partial charge in [0, 0.05) is 25.2 Å². The van der Waals surface area contributed by atoms with Gasteiger partial charge >= 0.3 is 0 Å². The van der Waals surface area contributed by atoms with Gasteiger partial charge in [0.05, 0.1) is 10.9 Å². The van der Waals surface area contributed by atoms with Crippen molar-refractivity contribution in [3.8, 4) is 0 Å². The third-order valence-corrected chi connectivity index (χ3v) is 7.19. The molecule has 2 fully saturated rings. The Balaban J connectivity index is 1.73. The second-order valence-electron chi connectivity index (χ2n) is 6.16. The molecule has 1 aliphatic carbocycles. The first kappa shape index (κ1) is 12.7. The Kier molecular flexibility index (Phi) is 2.67. The Morgan fingerprint density at radius 2 is 1.85 bits per heavy atom. The summed E-state index contributed by atoms with van der Waals surface area (Å²) in [6.07, 6.45) is 3.47. The van der Waals surface area contributed by atoms with Crippen LogP contribution in [0.4, 0.5) is 5.69 Å². The second kappa shape index (κ2) is 4.21. The van der Waals surface area contributed by atoms with Gasteiger partial charge in [0.1, 0.15) is 0 Å². The summed E-state index contributed by atoms with van der Waals surface area (Å²) in [6, 6.07) is 8.01. The van der Waals surface area contributed by atoms with Crippen LogP contribution >= 0.6 is 0 Å². The summed E-state index contributed by atoms with van der Waals surface area (Å²) >= 11 is 0. The monoisotopic (exact) mass is 293 g/mol. The maximum atomic E-state index is 12.9. The van der Waals surface area contributed by atoms with Gasteiger partial charge in [-0.2, -0.15) is 0 Å². The second-order valence-corrected chi connectivity index (χ2v) is 8.30. The van der Waals surface area contributed by atoms with Gasteiger partial charge in [-0.1, -0.05) is 18.2 Å². The zero-order valence-electron chi connectivity index (χ0n) is 11.4. The van der Waals surface area contributed by atoms with Crippen molar-refractivity contribution in [3.05, 3.63) is 29.8 Å². The van der Waals surface area contributed by atoms with E-state index >= 15 is 0 Å². The van der Waals surface area contributed by atoms with Gasteiger partial charge < -0.3 is 4.74 Å². The van der Waals surface area contributed by atoms with Crippen molar-refractivity contribution >= 4 is 15.7 Å². The van der Waals surface area contributed by atoms with E-state index in [1.807, 2.05) is 18.2 Å². The minimum atomic E-state index is -3.25. The molecule has 0 N–H and O–H groups in total. The Hall–Kier alpha value is -1.07. The molecule has 2 heterocycles. The Morgan fingerprint density at radius 3 is 2.55 bits per heavy atom. The molecule has 0 unspecified atom stereocenters. The number of ether oxygens (including phenoxy) is 1. The van der Waals surface area contributed by atoms with Crippen molar-refractivity contribution in [3.63, 3.8) is 0 Å². The van der Waals surface area contributed by atoms with Crippen LogP contribution in [0.5, 0.6) is 0 Å². The van der Waals surface area contributed by atoms with Crippen molar-refractivity contribution < 1.29 is 13.2 Å². The highest BCUT2D eigenvalue weighted by atomic mass is 32.2. The fourth-order valence-electron chi connectivity index (χ4n) is 3.54. The summed E-state index contributed by atoms with van der Waals surface area (Å²) < 4.78 is 32.9. The lowest BCUT2D eigenvalue weighted by Gasteiger charge is -2.28. The molecule has 0 amide bonds. The summed E-state index contributed by atoms with van der Waals surface area (Å²) in [4.78, 5) is 0. The molecule has 0 bridgehead atoms. The summed E-state index contributed by atoms with van der Waals surface area (Å²) in [6.45, 7) is 1.76. The SMILES string of the molecule is O=S(=O)(C1CCOCC1)N1CC2(CC2)c2ccccc21. The average molecular weight is 293 g/mol. The maximum absolute atomic E-state index is 12.9. The number of fused-ring (bicyclic) bond motifs is 2. The van der Waals surface area contributed by atoms with Gasteiger partial charge in [-0.05, 0) is 37.3 Å². The van der Waals surface area contributed by atoms with E-state index in [-0.39, 0.29) is 10.7 Å². The Bertz CT molecular complexity index is 630. The standard InChI is InChI=1S/C15H19NO3S/c17-20(18,12-5-9-19-10-6-12)16-11-15(7-8-15)13-3-1-2-4-14(13)16/h1-4,12H,5-11H2. The molecule has 4 nitrogen and oxygen atoms in total. The normalized spacial score (nSPS) is 24.9. The van der Waals surface area contributed by atoms with E-state index in [9.17, 15) is 8.42 Å². The fraction of sp³-hybridized carbons (Fsp3) is 0.600. The lowest BCUT2D eigenvalue weighted by Crippen LogP contribution is -2.41. The van der Waals surface area contributed by atoms with Crippen LogP contribution in [0.15, 0.2) is 24.3 Å². The highest BCUT2D eigenvalue weighted by molar-refractivity contribution is 7.93. The van der Waals surface area contributed by atoms with E-state index in [1.165, 1.54) is 5.56 Å². The minimum Gasteiger partial charge on any atom is -0.381 e.